The fourth-order valence-electron chi connectivity index (χ4n) is 3.74. The number of H-pyrrole nitrogens is 1. The number of nitrogens with zero attached hydrogens (tertiary/aromatic N) is 5. The molecular weight excluding hydrogens is 382 g/mol. The van der Waals surface area contributed by atoms with E-state index in [1.54, 1.807) is 23.4 Å². The Morgan fingerprint density at radius 1 is 1.37 bits per heavy atom. The van der Waals surface area contributed by atoms with Crippen LogP contribution in [0.25, 0.3) is 22.3 Å². The summed E-state index contributed by atoms with van der Waals surface area (Å²) in [5, 5.41) is 13.3. The lowest BCUT2D eigenvalue weighted by atomic mass is 10.0. The summed E-state index contributed by atoms with van der Waals surface area (Å²) in [5.41, 5.74) is 2.93. The number of carbonyl (C=O) groups is 2. The number of Topliss-reactive ketones (excluding diaryl/α,β-unsaturated/α-hetero) is 1. The van der Waals surface area contributed by atoms with E-state index >= 15 is 0 Å². The van der Waals surface area contributed by atoms with Crippen molar-refractivity contribution >= 4 is 28.4 Å². The molecule has 152 valence electrons. The number of nitriles is 1. The molecule has 0 radical (unpaired) electrons. The van der Waals surface area contributed by atoms with E-state index in [4.69, 9.17) is 5.26 Å². The van der Waals surface area contributed by atoms with E-state index in [1.165, 1.54) is 6.92 Å². The Labute approximate surface area is 173 Å². The van der Waals surface area contributed by atoms with Crippen molar-refractivity contribution in [3.63, 3.8) is 0 Å². The number of anilines is 1. The van der Waals surface area contributed by atoms with Gasteiger partial charge in [-0.3, -0.25) is 9.59 Å². The maximum atomic E-state index is 12.2. The molecule has 0 bridgehead atoms. The average molecular weight is 403 g/mol. The molecule has 1 aliphatic rings. The third kappa shape index (κ3) is 3.85. The lowest BCUT2D eigenvalue weighted by Gasteiger charge is -2.34. The minimum Gasteiger partial charge on any atom is -0.379 e. The van der Waals surface area contributed by atoms with Crippen LogP contribution in [0, 0.1) is 11.3 Å². The quantitative estimate of drug-likeness (QED) is 0.627. The van der Waals surface area contributed by atoms with Crippen LogP contribution in [0.2, 0.25) is 0 Å². The number of piperidine rings is 1. The number of aromatic nitrogens is 4. The number of likely N-dealkylation sites (tertiary alicyclic amines) is 1. The molecule has 1 saturated heterocycles. The van der Waals surface area contributed by atoms with E-state index in [-0.39, 0.29) is 30.0 Å². The first-order chi connectivity index (χ1) is 14.6. The fraction of sp³-hybridized carbons (Fsp3) is 0.333. The molecule has 0 aliphatic carbocycles. The van der Waals surface area contributed by atoms with Crippen molar-refractivity contribution in [1.29, 1.82) is 5.26 Å². The number of hydrogen-bond acceptors (Lipinski definition) is 7. The molecular formula is C21H21N7O2. The first-order valence-electron chi connectivity index (χ1n) is 9.78. The third-order valence-corrected chi connectivity index (χ3v) is 5.19. The highest BCUT2D eigenvalue weighted by molar-refractivity contribution is 5.98. The SMILES string of the molecule is CC(=O)c1nccc(-c2cnc3[nH]ccc3c2N[C@@H]2CCCN(C(=O)CC#N)C2)n1. The first kappa shape index (κ1) is 19.5. The second-order valence-electron chi connectivity index (χ2n) is 7.27. The Bertz CT molecular complexity index is 1150. The number of pyridine rings is 1. The zero-order chi connectivity index (χ0) is 21.1. The predicted octanol–water partition coefficient (Wildman–Crippen LogP) is 2.54. The molecule has 9 heteroatoms. The molecule has 1 fully saturated rings. The Balaban J connectivity index is 1.70. The number of amides is 1. The van der Waals surface area contributed by atoms with Gasteiger partial charge in [0.2, 0.25) is 5.91 Å². The number of fused-ring (bicyclic) bond motifs is 1. The summed E-state index contributed by atoms with van der Waals surface area (Å²) in [7, 11) is 0. The standard InChI is InChI=1S/C21H21N7O2/c1-13(29)20-23-9-6-17(27-20)16-11-25-21-15(5-8-24-21)19(16)26-14-3-2-10-28(12-14)18(30)4-7-22/h5-6,8-9,11,14H,2-4,10,12H2,1H3,(H2,24,25,26)/t14-/m1/s1. The number of ketones is 1. The van der Waals surface area contributed by atoms with Gasteiger partial charge in [-0.05, 0) is 25.0 Å². The number of hydrogen-bond donors (Lipinski definition) is 2. The van der Waals surface area contributed by atoms with Crippen LogP contribution in [-0.2, 0) is 4.79 Å². The van der Waals surface area contributed by atoms with Crippen LogP contribution in [0.4, 0.5) is 5.69 Å². The Kier molecular flexibility index (Phi) is 5.39. The summed E-state index contributed by atoms with van der Waals surface area (Å²) < 4.78 is 0. The van der Waals surface area contributed by atoms with Crippen LogP contribution in [0.5, 0.6) is 0 Å². The van der Waals surface area contributed by atoms with Crippen LogP contribution in [0.3, 0.4) is 0 Å². The molecule has 3 aromatic heterocycles. The number of rotatable bonds is 5. The summed E-state index contributed by atoms with van der Waals surface area (Å²) in [6.07, 6.45) is 6.74. The largest absolute Gasteiger partial charge is 0.379 e. The summed E-state index contributed by atoms with van der Waals surface area (Å²) in [4.78, 5) is 41.7. The van der Waals surface area contributed by atoms with Crippen LogP contribution < -0.4 is 5.32 Å². The molecule has 1 atom stereocenters. The summed E-state index contributed by atoms with van der Waals surface area (Å²) in [6, 6.07) is 5.63. The Hall–Kier alpha value is -3.80. The molecule has 9 nitrogen and oxygen atoms in total. The van der Waals surface area contributed by atoms with Crippen molar-refractivity contribution in [3.05, 3.63) is 36.5 Å². The van der Waals surface area contributed by atoms with Crippen LogP contribution in [0.1, 0.15) is 36.8 Å². The van der Waals surface area contributed by atoms with Gasteiger partial charge < -0.3 is 15.2 Å². The van der Waals surface area contributed by atoms with Gasteiger partial charge in [0.15, 0.2) is 11.6 Å². The van der Waals surface area contributed by atoms with Gasteiger partial charge in [-0.15, -0.1) is 0 Å². The maximum absolute atomic E-state index is 12.2. The van der Waals surface area contributed by atoms with Crippen molar-refractivity contribution in [2.24, 2.45) is 0 Å². The molecule has 1 aliphatic heterocycles. The molecule has 0 saturated carbocycles. The minimum atomic E-state index is -0.207. The predicted molar refractivity (Wildman–Crippen MR) is 111 cm³/mol. The summed E-state index contributed by atoms with van der Waals surface area (Å²) in [6.45, 7) is 2.62. The van der Waals surface area contributed by atoms with Gasteiger partial charge in [0.25, 0.3) is 0 Å². The lowest BCUT2D eigenvalue weighted by molar-refractivity contribution is -0.131. The topological polar surface area (TPSA) is 128 Å². The number of aromatic amines is 1. The van der Waals surface area contributed by atoms with Gasteiger partial charge in [-0.2, -0.15) is 5.26 Å². The second-order valence-corrected chi connectivity index (χ2v) is 7.27. The number of nitrogens with one attached hydrogen (secondary N) is 2. The maximum Gasteiger partial charge on any atom is 0.236 e. The molecule has 0 unspecified atom stereocenters. The van der Waals surface area contributed by atoms with Crippen LogP contribution >= 0.6 is 0 Å². The zero-order valence-electron chi connectivity index (χ0n) is 16.6. The van der Waals surface area contributed by atoms with Gasteiger partial charge in [-0.1, -0.05) is 0 Å². The van der Waals surface area contributed by atoms with Crippen molar-refractivity contribution < 1.29 is 9.59 Å². The first-order valence-corrected chi connectivity index (χ1v) is 9.78. The molecule has 3 aromatic rings. The summed E-state index contributed by atoms with van der Waals surface area (Å²) >= 11 is 0. The highest BCUT2D eigenvalue weighted by atomic mass is 16.2. The van der Waals surface area contributed by atoms with Crippen molar-refractivity contribution in [2.75, 3.05) is 18.4 Å². The van der Waals surface area contributed by atoms with E-state index in [0.717, 1.165) is 35.1 Å². The van der Waals surface area contributed by atoms with E-state index in [9.17, 15) is 9.59 Å². The second kappa shape index (κ2) is 8.29. The molecule has 1 amide bonds. The van der Waals surface area contributed by atoms with Gasteiger partial charge in [0.1, 0.15) is 12.1 Å². The molecule has 30 heavy (non-hydrogen) atoms. The van der Waals surface area contributed by atoms with E-state index < -0.39 is 0 Å². The van der Waals surface area contributed by atoms with Gasteiger partial charge in [-0.25, -0.2) is 15.0 Å². The normalized spacial score (nSPS) is 16.3. The van der Waals surface area contributed by atoms with Gasteiger partial charge >= 0.3 is 0 Å². The molecule has 4 rings (SSSR count). The number of carbonyl (C=O) groups excluding carboxylic acids is 2. The smallest absolute Gasteiger partial charge is 0.236 e. The Morgan fingerprint density at radius 3 is 3.03 bits per heavy atom. The van der Waals surface area contributed by atoms with E-state index in [2.05, 4.69) is 25.3 Å². The monoisotopic (exact) mass is 403 g/mol. The Morgan fingerprint density at radius 2 is 2.23 bits per heavy atom. The van der Waals surface area contributed by atoms with Crippen molar-refractivity contribution in [2.45, 2.75) is 32.2 Å². The van der Waals surface area contributed by atoms with Crippen molar-refractivity contribution in [3.8, 4) is 17.3 Å². The van der Waals surface area contributed by atoms with E-state index in [0.29, 0.717) is 18.8 Å². The average Bonchev–Trinajstić information content (AvgIpc) is 3.24. The highest BCUT2D eigenvalue weighted by Gasteiger charge is 2.25. The molecule has 0 aromatic carbocycles. The van der Waals surface area contributed by atoms with Crippen molar-refractivity contribution in [1.82, 2.24) is 24.8 Å². The highest BCUT2D eigenvalue weighted by Crippen LogP contribution is 2.33. The van der Waals surface area contributed by atoms with Crippen LogP contribution in [-0.4, -0.2) is 55.7 Å². The fourth-order valence-corrected chi connectivity index (χ4v) is 3.74. The van der Waals surface area contributed by atoms with Gasteiger partial charge in [0.05, 0.1) is 17.5 Å². The molecule has 2 N–H and O–H groups in total. The zero-order valence-corrected chi connectivity index (χ0v) is 16.6. The third-order valence-electron chi connectivity index (χ3n) is 5.19. The van der Waals surface area contributed by atoms with E-state index in [1.807, 2.05) is 18.3 Å². The van der Waals surface area contributed by atoms with Gasteiger partial charge in [0, 0.05) is 55.6 Å². The molecule has 4 heterocycles. The minimum absolute atomic E-state index is 0.0229. The molecule has 0 spiro atoms. The lowest BCUT2D eigenvalue weighted by Crippen LogP contribution is -2.45. The van der Waals surface area contributed by atoms with Crippen LogP contribution in [0.15, 0.2) is 30.7 Å². The summed E-state index contributed by atoms with van der Waals surface area (Å²) in [5.74, 6) is -0.202.